The van der Waals surface area contributed by atoms with Gasteiger partial charge in [-0.1, -0.05) is 90.5 Å². The molecule has 6 heterocycles. The second-order valence-electron chi connectivity index (χ2n) is 19.6. The van der Waals surface area contributed by atoms with Crippen molar-refractivity contribution in [1.29, 1.82) is 0 Å². The van der Waals surface area contributed by atoms with E-state index in [4.69, 9.17) is 42.0 Å². The summed E-state index contributed by atoms with van der Waals surface area (Å²) >= 11 is 2.15. The summed E-state index contributed by atoms with van der Waals surface area (Å²) in [5, 5.41) is 9.81. The number of benzene rings is 3. The first-order valence-corrected chi connectivity index (χ1v) is 27.4. The second-order valence-corrected chi connectivity index (χ2v) is 19.6. The van der Waals surface area contributed by atoms with E-state index in [2.05, 4.69) is 74.0 Å². The number of oxazole rings is 3. The summed E-state index contributed by atoms with van der Waals surface area (Å²) in [6.45, 7) is 16.2. The second kappa shape index (κ2) is 33.2. The Hall–Kier alpha value is -4.31. The fourth-order valence-corrected chi connectivity index (χ4v) is 8.96. The fourth-order valence-electron chi connectivity index (χ4n) is 8.96. The topological polar surface area (TPSA) is 194 Å². The standard InChI is InChI=1S/C20H26N2O4.C19H24N2O4.C16H19NO2.CH3I.CH4O.ClH.Na.H/c1-20(2,3)26-19(23)22(4)12-18-16-8-5-7-15(17-11-21-13-25-17)14(16)9-6-10-24-18;1-19(2,3)25-18(22)21-11-17-15-7-4-6-14(16-10-20-12-24-16)13(15)8-5-9-23-17;1-2-5-15-13-6-3-7-14(16-10-17-11-19-16)12(13)8-4-9-18-15;2*1-2;;;/h5,7-8,11,13,18H,6,9-10,12H2,1-4H3;4,6-7,10,12,17H,5,8-9,11H2,1-3H3,(H,21,22);3,6-7,10-11,15H,2,4-5,8-9H2,1H3;1H3;2H,1H3;1H;;/q;;;;;;+1;-1/t18-;17-;15-;;;;;/m111...../s1. The van der Waals surface area contributed by atoms with Gasteiger partial charge in [-0.3, -0.25) is 0 Å². The number of carbonyl (C=O) groups excluding carboxylic acids is 2. The molecule has 412 valence electrons. The van der Waals surface area contributed by atoms with Crippen LogP contribution < -0.4 is 34.9 Å². The van der Waals surface area contributed by atoms with Crippen LogP contribution in [0.4, 0.5) is 9.59 Å². The molecule has 9 rings (SSSR count). The maximum Gasteiger partial charge on any atom is 1.00 e. The summed E-state index contributed by atoms with van der Waals surface area (Å²) in [5.74, 6) is 2.36. The molecule has 3 aliphatic rings. The van der Waals surface area contributed by atoms with Gasteiger partial charge >= 0.3 is 41.7 Å². The van der Waals surface area contributed by atoms with Crippen LogP contribution in [0.15, 0.2) is 106 Å². The van der Waals surface area contributed by atoms with Crippen LogP contribution in [-0.2, 0) is 42.9 Å². The third-order valence-corrected chi connectivity index (χ3v) is 12.0. The molecule has 0 aliphatic carbocycles. The molecule has 0 saturated heterocycles. The zero-order valence-corrected chi connectivity index (χ0v) is 51.2. The summed E-state index contributed by atoms with van der Waals surface area (Å²) in [5.41, 5.74) is 9.44. The van der Waals surface area contributed by atoms with E-state index in [0.29, 0.717) is 26.3 Å². The Kier molecular flexibility index (Phi) is 28.8. The smallest absolute Gasteiger partial charge is 1.00 e. The van der Waals surface area contributed by atoms with Crippen molar-refractivity contribution >= 4 is 47.2 Å². The predicted molar refractivity (Wildman–Crippen MR) is 301 cm³/mol. The molecule has 3 aliphatic heterocycles. The molecule has 76 heavy (non-hydrogen) atoms. The van der Waals surface area contributed by atoms with Crippen molar-refractivity contribution in [3.05, 3.63) is 126 Å². The number of ether oxygens (including phenoxy) is 5. The maximum absolute atomic E-state index is 12.3. The minimum Gasteiger partial charge on any atom is -1.00 e. The molecule has 0 radical (unpaired) electrons. The molecule has 0 fully saturated rings. The number of aliphatic hydroxyl groups is 1. The monoisotopic (exact) mass is 1190 g/mol. The molecule has 19 heteroatoms. The molecule has 3 atom stereocenters. The fraction of sp³-hybridized carbons (Fsp3) is 0.491. The third-order valence-electron chi connectivity index (χ3n) is 12.0. The van der Waals surface area contributed by atoms with Gasteiger partial charge in [-0.15, -0.1) is 12.4 Å². The number of fused-ring (bicyclic) bond motifs is 3. The van der Waals surface area contributed by atoms with E-state index in [0.717, 1.165) is 105 Å². The Bertz CT molecular complexity index is 2600. The third kappa shape index (κ3) is 19.5. The first-order valence-electron chi connectivity index (χ1n) is 25.3. The van der Waals surface area contributed by atoms with Crippen LogP contribution in [0, 0.1) is 0 Å². The quantitative estimate of drug-likeness (QED) is 0.0789. The predicted octanol–water partition coefficient (Wildman–Crippen LogP) is 10.4. The van der Waals surface area contributed by atoms with E-state index in [9.17, 15) is 9.59 Å². The van der Waals surface area contributed by atoms with E-state index < -0.39 is 17.3 Å². The van der Waals surface area contributed by atoms with Crippen LogP contribution in [0.25, 0.3) is 34.0 Å². The minimum absolute atomic E-state index is 0. The summed E-state index contributed by atoms with van der Waals surface area (Å²) in [6.07, 6.45) is 16.6. The van der Waals surface area contributed by atoms with Crippen LogP contribution in [-0.4, -0.2) is 100 Å². The van der Waals surface area contributed by atoms with Crippen molar-refractivity contribution in [3.8, 4) is 34.0 Å². The Balaban J connectivity index is 0.000000379. The van der Waals surface area contributed by atoms with Crippen molar-refractivity contribution in [1.82, 2.24) is 25.2 Å². The van der Waals surface area contributed by atoms with Crippen molar-refractivity contribution in [3.63, 3.8) is 0 Å². The number of aromatic nitrogens is 3. The van der Waals surface area contributed by atoms with Crippen LogP contribution in [0.3, 0.4) is 0 Å². The number of carbonyl (C=O) groups is 2. The number of halogens is 2. The number of nitrogens with one attached hydrogen (secondary N) is 1. The summed E-state index contributed by atoms with van der Waals surface area (Å²) in [6, 6.07) is 18.6. The Morgan fingerprint density at radius 2 is 1.04 bits per heavy atom. The van der Waals surface area contributed by atoms with E-state index in [1.54, 1.807) is 30.5 Å². The van der Waals surface area contributed by atoms with Crippen LogP contribution >= 0.6 is 35.0 Å². The van der Waals surface area contributed by atoms with Crippen LogP contribution in [0.5, 0.6) is 0 Å². The van der Waals surface area contributed by atoms with Gasteiger partial charge in [0, 0.05) is 50.7 Å². The van der Waals surface area contributed by atoms with Crippen LogP contribution in [0.2, 0.25) is 0 Å². The van der Waals surface area contributed by atoms with Gasteiger partial charge in [0.25, 0.3) is 0 Å². The van der Waals surface area contributed by atoms with Crippen molar-refractivity contribution in [2.45, 2.75) is 129 Å². The first kappa shape index (κ1) is 66.0. The molecule has 0 saturated carbocycles. The Morgan fingerprint density at radius 1 is 0.658 bits per heavy atom. The molecule has 3 aromatic carbocycles. The summed E-state index contributed by atoms with van der Waals surface area (Å²) < 4.78 is 45.2. The molecule has 2 amide bonds. The van der Waals surface area contributed by atoms with Crippen molar-refractivity contribution in [2.24, 2.45) is 0 Å². The van der Waals surface area contributed by atoms with Gasteiger partial charge in [-0.2, -0.15) is 0 Å². The zero-order valence-electron chi connectivity index (χ0n) is 47.2. The van der Waals surface area contributed by atoms with Crippen LogP contribution in [0.1, 0.15) is 134 Å². The number of amides is 2. The average Bonchev–Trinajstić information content (AvgIpc) is 4.17. The van der Waals surface area contributed by atoms with E-state index in [-0.39, 0.29) is 67.8 Å². The average molecular weight is 1190 g/mol. The Labute approximate surface area is 492 Å². The molecule has 0 spiro atoms. The Morgan fingerprint density at radius 3 is 1.42 bits per heavy atom. The summed E-state index contributed by atoms with van der Waals surface area (Å²) in [7, 11) is 2.74. The molecule has 0 bridgehead atoms. The van der Waals surface area contributed by atoms with Gasteiger partial charge in [0.05, 0.1) is 37.8 Å². The number of rotatable bonds is 9. The van der Waals surface area contributed by atoms with Crippen molar-refractivity contribution < 1.29 is 82.6 Å². The number of likely N-dealkylation sites (N-methyl/N-ethyl adjacent to an activating group) is 1. The van der Waals surface area contributed by atoms with Gasteiger partial charge in [0.15, 0.2) is 36.5 Å². The summed E-state index contributed by atoms with van der Waals surface area (Å²) in [4.78, 5) is 39.9. The SMILES string of the molecule is CC(C)(C)OC(=O)NC[C@H]1OCCCc2c(-c3cnco3)cccc21.CCC[C@H]1OCCCc2c(-c3cnco3)cccc21.CI.CN(C[C@H]1OCCCc2c(-c3cnco3)cccc21)C(=O)OC(C)(C)C.CO.Cl.[H-].[Na+]. The molecule has 16 nitrogen and oxygen atoms in total. The maximum atomic E-state index is 12.3. The van der Waals surface area contributed by atoms with E-state index in [1.165, 1.54) is 47.0 Å². The van der Waals surface area contributed by atoms with E-state index >= 15 is 0 Å². The molecular formula is C57H78ClIN5NaO11. The minimum atomic E-state index is -0.522. The molecule has 6 aromatic rings. The van der Waals surface area contributed by atoms with Crippen molar-refractivity contribution in [2.75, 3.05) is 52.0 Å². The van der Waals surface area contributed by atoms with Gasteiger partial charge in [-0.25, -0.2) is 24.5 Å². The number of alkyl halides is 1. The van der Waals surface area contributed by atoms with Gasteiger partial charge in [0.1, 0.15) is 23.4 Å². The number of alkyl carbamates (subject to hydrolysis) is 1. The van der Waals surface area contributed by atoms with Gasteiger partial charge < -0.3 is 53.7 Å². The van der Waals surface area contributed by atoms with Gasteiger partial charge in [-0.05, 0) is 125 Å². The largest absolute Gasteiger partial charge is 1.00 e. The van der Waals surface area contributed by atoms with E-state index in [1.807, 2.05) is 76.8 Å². The number of hydrogen-bond donors (Lipinski definition) is 2. The van der Waals surface area contributed by atoms with Gasteiger partial charge in [0.2, 0.25) is 0 Å². The number of aliphatic hydroxyl groups excluding tert-OH is 1. The zero-order chi connectivity index (χ0) is 53.7. The molecule has 3 aromatic heterocycles. The number of hydrogen-bond acceptors (Lipinski definition) is 14. The first-order chi connectivity index (χ1) is 35.7. The molecular weight excluding hydrogens is 1120 g/mol. The normalized spacial score (nSPS) is 16.6. The molecule has 2 N–H and O–H groups in total. The molecule has 0 unspecified atom stereocenters. The number of nitrogens with zero attached hydrogens (tertiary/aromatic N) is 4.